The molecule has 0 unspecified atom stereocenters. The van der Waals surface area contributed by atoms with Crippen LogP contribution in [0, 0.1) is 0 Å². The van der Waals surface area contributed by atoms with E-state index in [2.05, 4.69) is 9.98 Å². The van der Waals surface area contributed by atoms with E-state index in [9.17, 15) is 14.7 Å². The number of rotatable bonds is 3. The number of likely N-dealkylation sites (tertiary alicyclic amines) is 1. The van der Waals surface area contributed by atoms with Crippen LogP contribution in [0.3, 0.4) is 0 Å². The SMILES string of the molecule is O=C(c1ccccc1N=Cc1c(O)[nH]c(=O)c2ccccc12)N1CCCCC1. The number of aliphatic imine (C=N–C) groups is 1. The third kappa shape index (κ3) is 3.41. The van der Waals surface area contributed by atoms with Crippen molar-refractivity contribution in [3.63, 3.8) is 0 Å². The molecule has 1 aliphatic rings. The van der Waals surface area contributed by atoms with Gasteiger partial charge in [0, 0.05) is 30.1 Å². The van der Waals surface area contributed by atoms with E-state index in [0.29, 0.717) is 27.6 Å². The number of fused-ring (bicyclic) bond motifs is 1. The molecule has 0 spiro atoms. The fourth-order valence-corrected chi connectivity index (χ4v) is 3.58. The second-order valence-electron chi connectivity index (χ2n) is 6.89. The summed E-state index contributed by atoms with van der Waals surface area (Å²) in [4.78, 5) is 33.7. The van der Waals surface area contributed by atoms with Crippen LogP contribution in [0.15, 0.2) is 58.3 Å². The van der Waals surface area contributed by atoms with Gasteiger partial charge in [-0.05, 0) is 37.5 Å². The number of carbonyl (C=O) groups is 1. The molecule has 0 saturated carbocycles. The molecule has 1 aromatic heterocycles. The van der Waals surface area contributed by atoms with Gasteiger partial charge in [0.05, 0.1) is 16.8 Å². The zero-order chi connectivity index (χ0) is 19.5. The summed E-state index contributed by atoms with van der Waals surface area (Å²) in [7, 11) is 0. The van der Waals surface area contributed by atoms with Crippen LogP contribution in [0.2, 0.25) is 0 Å². The van der Waals surface area contributed by atoms with Crippen molar-refractivity contribution >= 4 is 28.6 Å². The van der Waals surface area contributed by atoms with Crippen LogP contribution in [-0.4, -0.2) is 40.2 Å². The lowest BCUT2D eigenvalue weighted by molar-refractivity contribution is 0.0725. The quantitative estimate of drug-likeness (QED) is 0.686. The van der Waals surface area contributed by atoms with Crippen LogP contribution in [0.1, 0.15) is 35.2 Å². The van der Waals surface area contributed by atoms with Gasteiger partial charge in [0.2, 0.25) is 5.88 Å². The number of aromatic amines is 1. The minimum atomic E-state index is -0.356. The summed E-state index contributed by atoms with van der Waals surface area (Å²) >= 11 is 0. The Morgan fingerprint density at radius 2 is 1.68 bits per heavy atom. The Kier molecular flexibility index (Phi) is 4.93. The average molecular weight is 375 g/mol. The lowest BCUT2D eigenvalue weighted by Crippen LogP contribution is -2.35. The van der Waals surface area contributed by atoms with E-state index in [0.717, 1.165) is 32.4 Å². The molecule has 1 aliphatic heterocycles. The lowest BCUT2D eigenvalue weighted by Gasteiger charge is -2.27. The first-order chi connectivity index (χ1) is 13.6. The second kappa shape index (κ2) is 7.68. The Balaban J connectivity index is 1.73. The van der Waals surface area contributed by atoms with Crippen molar-refractivity contribution in [2.24, 2.45) is 4.99 Å². The highest BCUT2D eigenvalue weighted by Crippen LogP contribution is 2.25. The Morgan fingerprint density at radius 1 is 1.00 bits per heavy atom. The Morgan fingerprint density at radius 3 is 2.46 bits per heavy atom. The number of piperidine rings is 1. The smallest absolute Gasteiger partial charge is 0.258 e. The van der Waals surface area contributed by atoms with Crippen LogP contribution in [0.4, 0.5) is 5.69 Å². The second-order valence-corrected chi connectivity index (χ2v) is 6.89. The number of nitrogens with one attached hydrogen (secondary N) is 1. The lowest BCUT2D eigenvalue weighted by atomic mass is 10.1. The fraction of sp³-hybridized carbons (Fsp3) is 0.227. The third-order valence-corrected chi connectivity index (χ3v) is 5.06. The maximum absolute atomic E-state index is 12.9. The van der Waals surface area contributed by atoms with E-state index >= 15 is 0 Å². The number of aromatic nitrogens is 1. The largest absolute Gasteiger partial charge is 0.494 e. The van der Waals surface area contributed by atoms with Gasteiger partial charge in [-0.1, -0.05) is 30.3 Å². The predicted octanol–water partition coefficient (Wildman–Crippen LogP) is 3.61. The summed E-state index contributed by atoms with van der Waals surface area (Å²) in [6.45, 7) is 1.53. The van der Waals surface area contributed by atoms with Crippen LogP contribution in [-0.2, 0) is 0 Å². The number of H-pyrrole nitrogens is 1. The number of hydrogen-bond donors (Lipinski definition) is 2. The number of pyridine rings is 1. The van der Waals surface area contributed by atoms with Gasteiger partial charge in [-0.2, -0.15) is 0 Å². The molecule has 0 atom stereocenters. The molecular weight excluding hydrogens is 354 g/mol. The molecule has 2 aromatic carbocycles. The van der Waals surface area contributed by atoms with Gasteiger partial charge in [-0.15, -0.1) is 0 Å². The number of carbonyl (C=O) groups excluding carboxylic acids is 1. The topological polar surface area (TPSA) is 85.8 Å². The number of amides is 1. The molecule has 28 heavy (non-hydrogen) atoms. The molecule has 0 radical (unpaired) electrons. The average Bonchev–Trinajstić information content (AvgIpc) is 2.74. The standard InChI is InChI=1S/C22H21N3O3/c26-20-16-9-3-2-8-15(16)18(21(27)24-20)14-23-19-11-5-4-10-17(19)22(28)25-12-6-1-7-13-25/h2-5,8-11,14H,1,6-7,12-13H2,(H2,24,26,27). The van der Waals surface area contributed by atoms with Crippen molar-refractivity contribution in [2.75, 3.05) is 13.1 Å². The molecule has 1 saturated heterocycles. The van der Waals surface area contributed by atoms with Crippen molar-refractivity contribution in [2.45, 2.75) is 19.3 Å². The van der Waals surface area contributed by atoms with Crippen LogP contribution >= 0.6 is 0 Å². The minimum absolute atomic E-state index is 0.0250. The Bertz CT molecular complexity index is 1110. The minimum Gasteiger partial charge on any atom is -0.494 e. The summed E-state index contributed by atoms with van der Waals surface area (Å²) in [5, 5.41) is 11.3. The van der Waals surface area contributed by atoms with Crippen molar-refractivity contribution in [1.82, 2.24) is 9.88 Å². The third-order valence-electron chi connectivity index (χ3n) is 5.06. The number of hydrogen-bond acceptors (Lipinski definition) is 4. The van der Waals surface area contributed by atoms with Gasteiger partial charge in [0.15, 0.2) is 0 Å². The Labute approximate surface area is 162 Å². The number of aromatic hydroxyl groups is 1. The normalized spacial score (nSPS) is 14.6. The monoisotopic (exact) mass is 375 g/mol. The van der Waals surface area contributed by atoms with Gasteiger partial charge in [-0.25, -0.2) is 0 Å². The molecule has 3 aromatic rings. The number of para-hydroxylation sites is 1. The van der Waals surface area contributed by atoms with E-state index in [1.165, 1.54) is 6.21 Å². The van der Waals surface area contributed by atoms with Gasteiger partial charge < -0.3 is 10.0 Å². The zero-order valence-corrected chi connectivity index (χ0v) is 15.4. The Hall–Kier alpha value is -3.41. The fourth-order valence-electron chi connectivity index (χ4n) is 3.58. The predicted molar refractivity (Wildman–Crippen MR) is 110 cm³/mol. The highest BCUT2D eigenvalue weighted by atomic mass is 16.3. The highest BCUT2D eigenvalue weighted by molar-refractivity contribution is 6.04. The van der Waals surface area contributed by atoms with E-state index in [4.69, 9.17) is 0 Å². The highest BCUT2D eigenvalue weighted by Gasteiger charge is 2.20. The van der Waals surface area contributed by atoms with Crippen LogP contribution < -0.4 is 5.56 Å². The summed E-state index contributed by atoms with van der Waals surface area (Å²) in [5.74, 6) is -0.268. The van der Waals surface area contributed by atoms with Crippen molar-refractivity contribution in [3.8, 4) is 5.88 Å². The molecule has 142 valence electrons. The molecule has 1 amide bonds. The summed E-state index contributed by atoms with van der Waals surface area (Å²) in [6.07, 6.45) is 4.70. The van der Waals surface area contributed by atoms with Gasteiger partial charge in [-0.3, -0.25) is 19.6 Å². The summed E-state index contributed by atoms with van der Waals surface area (Å²) < 4.78 is 0. The molecule has 0 bridgehead atoms. The first-order valence-electron chi connectivity index (χ1n) is 9.41. The van der Waals surface area contributed by atoms with Crippen molar-refractivity contribution in [3.05, 3.63) is 70.0 Å². The van der Waals surface area contributed by atoms with Crippen molar-refractivity contribution < 1.29 is 9.90 Å². The zero-order valence-electron chi connectivity index (χ0n) is 15.4. The van der Waals surface area contributed by atoms with E-state index in [1.807, 2.05) is 17.0 Å². The summed E-state index contributed by atoms with van der Waals surface area (Å²) in [6, 6.07) is 14.2. The van der Waals surface area contributed by atoms with Gasteiger partial charge >= 0.3 is 0 Å². The molecule has 4 rings (SSSR count). The maximum atomic E-state index is 12.9. The molecular formula is C22H21N3O3. The molecule has 2 N–H and O–H groups in total. The van der Waals surface area contributed by atoms with Crippen molar-refractivity contribution in [1.29, 1.82) is 0 Å². The first kappa shape index (κ1) is 18.0. The molecule has 2 heterocycles. The van der Waals surface area contributed by atoms with E-state index in [1.54, 1.807) is 36.4 Å². The van der Waals surface area contributed by atoms with Crippen LogP contribution in [0.25, 0.3) is 10.8 Å². The molecule has 6 heteroatoms. The summed E-state index contributed by atoms with van der Waals surface area (Å²) in [5.41, 5.74) is 1.13. The molecule has 6 nitrogen and oxygen atoms in total. The van der Waals surface area contributed by atoms with E-state index < -0.39 is 0 Å². The van der Waals surface area contributed by atoms with Gasteiger partial charge in [0.25, 0.3) is 11.5 Å². The first-order valence-corrected chi connectivity index (χ1v) is 9.41. The number of benzene rings is 2. The van der Waals surface area contributed by atoms with Gasteiger partial charge in [0.1, 0.15) is 0 Å². The molecule has 1 fully saturated rings. The van der Waals surface area contributed by atoms with E-state index in [-0.39, 0.29) is 17.3 Å². The number of nitrogens with zero attached hydrogens (tertiary/aromatic N) is 2. The maximum Gasteiger partial charge on any atom is 0.258 e. The molecule has 0 aliphatic carbocycles. The van der Waals surface area contributed by atoms with Crippen LogP contribution in [0.5, 0.6) is 5.88 Å².